The van der Waals surface area contributed by atoms with Gasteiger partial charge in [-0.2, -0.15) is 0 Å². The Bertz CT molecular complexity index is 744. The fraction of sp³-hybridized carbons (Fsp3) is 0.294. The molecular formula is C17H21Cl2N3O4. The standard InChI is InChI=1S/C17H20ClN3O4.ClH/c1-24-16-6-3-12(9-17(16)25-2)11-19-7-8-20-15-5-4-13(21(22)23)10-14(15)18;/h3-6,9-10,19-20H,7-8,11H2,1-2H3;1H. The highest BCUT2D eigenvalue weighted by atomic mass is 35.5. The first-order valence-electron chi connectivity index (χ1n) is 7.64. The molecule has 0 aliphatic carbocycles. The van der Waals surface area contributed by atoms with Crippen LogP contribution in [-0.4, -0.2) is 32.2 Å². The van der Waals surface area contributed by atoms with Crippen molar-refractivity contribution in [3.63, 3.8) is 0 Å². The number of rotatable bonds is 9. The summed E-state index contributed by atoms with van der Waals surface area (Å²) in [6.07, 6.45) is 0. The summed E-state index contributed by atoms with van der Waals surface area (Å²) in [5.74, 6) is 1.39. The molecule has 0 aliphatic heterocycles. The maximum Gasteiger partial charge on any atom is 0.271 e. The zero-order valence-electron chi connectivity index (χ0n) is 14.5. The number of nitrogens with zero attached hydrogens (tertiary/aromatic N) is 1. The number of hydrogen-bond acceptors (Lipinski definition) is 6. The van der Waals surface area contributed by atoms with Crippen molar-refractivity contribution >= 4 is 35.4 Å². The first-order valence-corrected chi connectivity index (χ1v) is 8.02. The quantitative estimate of drug-likeness (QED) is 0.376. The number of benzene rings is 2. The van der Waals surface area contributed by atoms with E-state index in [4.69, 9.17) is 21.1 Å². The molecule has 0 radical (unpaired) electrons. The topological polar surface area (TPSA) is 85.7 Å². The van der Waals surface area contributed by atoms with Crippen LogP contribution in [0.2, 0.25) is 5.02 Å². The number of nitrogens with one attached hydrogen (secondary N) is 2. The summed E-state index contributed by atoms with van der Waals surface area (Å²) in [7, 11) is 3.21. The summed E-state index contributed by atoms with van der Waals surface area (Å²) in [4.78, 5) is 10.2. The SMILES string of the molecule is COc1ccc(CNCCNc2ccc([N+](=O)[O-])cc2Cl)cc1OC.Cl. The van der Waals surface area contributed by atoms with E-state index in [2.05, 4.69) is 10.6 Å². The fourth-order valence-electron chi connectivity index (χ4n) is 2.27. The second kappa shape index (κ2) is 10.7. The Balaban J connectivity index is 0.00000338. The van der Waals surface area contributed by atoms with E-state index in [1.807, 2.05) is 18.2 Å². The van der Waals surface area contributed by atoms with E-state index in [1.54, 1.807) is 20.3 Å². The van der Waals surface area contributed by atoms with E-state index >= 15 is 0 Å². The number of ether oxygens (including phenoxy) is 2. The number of methoxy groups -OCH3 is 2. The van der Waals surface area contributed by atoms with Crippen LogP contribution in [0.25, 0.3) is 0 Å². The first-order chi connectivity index (χ1) is 12.0. The molecule has 0 atom stereocenters. The van der Waals surface area contributed by atoms with Crippen LogP contribution >= 0.6 is 24.0 Å². The highest BCUT2D eigenvalue weighted by Crippen LogP contribution is 2.28. The van der Waals surface area contributed by atoms with Gasteiger partial charge in [-0.05, 0) is 23.8 Å². The number of hydrogen-bond donors (Lipinski definition) is 2. The van der Waals surface area contributed by atoms with Crippen molar-refractivity contribution < 1.29 is 14.4 Å². The lowest BCUT2D eigenvalue weighted by Gasteiger charge is -2.11. The maximum atomic E-state index is 10.7. The lowest BCUT2D eigenvalue weighted by Crippen LogP contribution is -2.21. The average molecular weight is 402 g/mol. The number of nitro benzene ring substituents is 1. The molecule has 0 spiro atoms. The molecule has 2 aromatic carbocycles. The average Bonchev–Trinajstić information content (AvgIpc) is 2.62. The van der Waals surface area contributed by atoms with E-state index in [1.165, 1.54) is 12.1 Å². The lowest BCUT2D eigenvalue weighted by atomic mass is 10.2. The van der Waals surface area contributed by atoms with E-state index in [9.17, 15) is 10.1 Å². The lowest BCUT2D eigenvalue weighted by molar-refractivity contribution is -0.384. The Labute approximate surface area is 163 Å². The van der Waals surface area contributed by atoms with Gasteiger partial charge in [-0.3, -0.25) is 10.1 Å². The first kappa shape index (κ1) is 21.8. The molecule has 0 saturated carbocycles. The monoisotopic (exact) mass is 401 g/mol. The molecule has 2 N–H and O–H groups in total. The van der Waals surface area contributed by atoms with Gasteiger partial charge >= 0.3 is 0 Å². The zero-order chi connectivity index (χ0) is 18.2. The van der Waals surface area contributed by atoms with Crippen molar-refractivity contribution in [2.24, 2.45) is 0 Å². The smallest absolute Gasteiger partial charge is 0.271 e. The van der Waals surface area contributed by atoms with Gasteiger partial charge in [0.05, 0.1) is 29.9 Å². The summed E-state index contributed by atoms with van der Waals surface area (Å²) < 4.78 is 10.5. The van der Waals surface area contributed by atoms with Gasteiger partial charge in [-0.1, -0.05) is 17.7 Å². The van der Waals surface area contributed by atoms with Gasteiger partial charge in [0, 0.05) is 31.8 Å². The van der Waals surface area contributed by atoms with Crippen LogP contribution in [0.3, 0.4) is 0 Å². The van der Waals surface area contributed by atoms with Gasteiger partial charge in [-0.25, -0.2) is 0 Å². The molecule has 0 bridgehead atoms. The van der Waals surface area contributed by atoms with Gasteiger partial charge in [-0.15, -0.1) is 12.4 Å². The van der Waals surface area contributed by atoms with Gasteiger partial charge < -0.3 is 20.1 Å². The molecule has 0 saturated heterocycles. The van der Waals surface area contributed by atoms with Crippen molar-refractivity contribution in [3.05, 3.63) is 57.1 Å². The normalized spacial score (nSPS) is 9.96. The highest BCUT2D eigenvalue weighted by molar-refractivity contribution is 6.33. The summed E-state index contributed by atoms with van der Waals surface area (Å²) in [6, 6.07) is 10.1. The third-order valence-electron chi connectivity index (χ3n) is 3.56. The highest BCUT2D eigenvalue weighted by Gasteiger charge is 2.09. The van der Waals surface area contributed by atoms with Crippen molar-refractivity contribution in [2.75, 3.05) is 32.6 Å². The van der Waals surface area contributed by atoms with E-state index in [0.717, 1.165) is 5.56 Å². The van der Waals surface area contributed by atoms with Crippen LogP contribution in [0.15, 0.2) is 36.4 Å². The molecule has 0 aliphatic rings. The van der Waals surface area contributed by atoms with Gasteiger partial charge in [0.2, 0.25) is 0 Å². The molecule has 2 rings (SSSR count). The van der Waals surface area contributed by atoms with Crippen molar-refractivity contribution in [1.29, 1.82) is 0 Å². The predicted molar refractivity (Wildman–Crippen MR) is 105 cm³/mol. The largest absolute Gasteiger partial charge is 0.493 e. The minimum Gasteiger partial charge on any atom is -0.493 e. The van der Waals surface area contributed by atoms with Crippen LogP contribution in [-0.2, 0) is 6.54 Å². The minimum atomic E-state index is -0.472. The van der Waals surface area contributed by atoms with Gasteiger partial charge in [0.25, 0.3) is 5.69 Å². The predicted octanol–water partition coefficient (Wildman–Crippen LogP) is 3.89. The molecule has 26 heavy (non-hydrogen) atoms. The Morgan fingerprint density at radius 2 is 1.81 bits per heavy atom. The molecule has 0 unspecified atom stereocenters. The summed E-state index contributed by atoms with van der Waals surface area (Å²) >= 11 is 6.03. The molecule has 2 aromatic rings. The van der Waals surface area contributed by atoms with Crippen molar-refractivity contribution in [3.8, 4) is 11.5 Å². The van der Waals surface area contributed by atoms with Crippen LogP contribution in [0.5, 0.6) is 11.5 Å². The Morgan fingerprint density at radius 1 is 1.08 bits per heavy atom. The molecule has 0 amide bonds. The van der Waals surface area contributed by atoms with E-state index < -0.39 is 4.92 Å². The molecule has 0 fully saturated rings. The second-order valence-corrected chi connectivity index (χ2v) is 5.62. The van der Waals surface area contributed by atoms with E-state index in [0.29, 0.717) is 41.8 Å². The van der Waals surface area contributed by atoms with E-state index in [-0.39, 0.29) is 18.1 Å². The number of anilines is 1. The summed E-state index contributed by atoms with van der Waals surface area (Å²) in [5.41, 5.74) is 1.72. The zero-order valence-corrected chi connectivity index (χ0v) is 16.0. The molecule has 7 nitrogen and oxygen atoms in total. The summed E-state index contributed by atoms with van der Waals surface area (Å²) in [5, 5.41) is 17.5. The van der Waals surface area contributed by atoms with Crippen LogP contribution in [0.1, 0.15) is 5.56 Å². The van der Waals surface area contributed by atoms with Crippen molar-refractivity contribution in [2.45, 2.75) is 6.54 Å². The summed E-state index contributed by atoms with van der Waals surface area (Å²) in [6.45, 7) is 2.00. The Morgan fingerprint density at radius 3 is 2.42 bits per heavy atom. The molecule has 0 heterocycles. The van der Waals surface area contributed by atoms with Crippen LogP contribution in [0, 0.1) is 10.1 Å². The van der Waals surface area contributed by atoms with Crippen LogP contribution in [0.4, 0.5) is 11.4 Å². The second-order valence-electron chi connectivity index (χ2n) is 5.21. The molecule has 0 aromatic heterocycles. The Hall–Kier alpha value is -2.22. The Kier molecular flexibility index (Phi) is 8.98. The fourth-order valence-corrected chi connectivity index (χ4v) is 2.51. The maximum absolute atomic E-state index is 10.7. The van der Waals surface area contributed by atoms with Crippen molar-refractivity contribution in [1.82, 2.24) is 5.32 Å². The molecule has 9 heteroatoms. The molecular weight excluding hydrogens is 381 g/mol. The number of non-ortho nitro benzene ring substituents is 1. The van der Waals surface area contributed by atoms with Gasteiger partial charge in [0.1, 0.15) is 0 Å². The third-order valence-corrected chi connectivity index (χ3v) is 3.87. The van der Waals surface area contributed by atoms with Gasteiger partial charge in [0.15, 0.2) is 11.5 Å². The number of nitro groups is 1. The molecule has 142 valence electrons. The third kappa shape index (κ3) is 5.94. The minimum absolute atomic E-state index is 0. The number of halogens is 2. The van der Waals surface area contributed by atoms with Crippen LogP contribution < -0.4 is 20.1 Å².